The number of anilines is 4. The normalized spacial score (nSPS) is 10.9. The number of hydrogen-bond donors (Lipinski definition) is 3. The largest absolute Gasteiger partial charge is 0.491 e. The Bertz CT molecular complexity index is 1270. The van der Waals surface area contributed by atoms with E-state index >= 15 is 0 Å². The average molecular weight is 450 g/mol. The summed E-state index contributed by atoms with van der Waals surface area (Å²) in [5.41, 5.74) is 2.64. The van der Waals surface area contributed by atoms with Gasteiger partial charge in [-0.3, -0.25) is 9.89 Å². The quantitative estimate of drug-likeness (QED) is 0.337. The Balaban J connectivity index is 1.52. The fourth-order valence-corrected chi connectivity index (χ4v) is 3.16. The van der Waals surface area contributed by atoms with Crippen molar-refractivity contribution in [1.29, 1.82) is 0 Å². The summed E-state index contributed by atoms with van der Waals surface area (Å²) in [5.74, 6) is -0.00639. The van der Waals surface area contributed by atoms with Crippen molar-refractivity contribution in [2.24, 2.45) is 0 Å². The summed E-state index contributed by atoms with van der Waals surface area (Å²) >= 11 is 0. The van der Waals surface area contributed by atoms with Gasteiger partial charge in [-0.15, -0.1) is 0 Å². The van der Waals surface area contributed by atoms with Gasteiger partial charge in [-0.05, 0) is 56.3 Å². The first-order chi connectivity index (χ1) is 15.9. The van der Waals surface area contributed by atoms with Crippen LogP contribution in [0.5, 0.6) is 5.75 Å². The molecule has 2 heterocycles. The Hall–Kier alpha value is -4.21. The van der Waals surface area contributed by atoms with E-state index in [9.17, 15) is 9.18 Å². The molecule has 2 aromatic heterocycles. The molecule has 10 heteroatoms. The highest BCUT2D eigenvalue weighted by Crippen LogP contribution is 2.25. The molecule has 0 saturated heterocycles. The second-order valence-corrected chi connectivity index (χ2v) is 7.52. The number of benzene rings is 2. The summed E-state index contributed by atoms with van der Waals surface area (Å²) < 4.78 is 24.7. The summed E-state index contributed by atoms with van der Waals surface area (Å²) in [6.45, 7) is 3.89. The summed E-state index contributed by atoms with van der Waals surface area (Å²) in [6.07, 6.45) is 1.22. The number of aromatic amines is 1. The molecule has 0 atom stereocenters. The second kappa shape index (κ2) is 9.51. The van der Waals surface area contributed by atoms with E-state index in [4.69, 9.17) is 9.47 Å². The predicted octanol–water partition coefficient (Wildman–Crippen LogP) is 4.48. The van der Waals surface area contributed by atoms with Gasteiger partial charge in [0.1, 0.15) is 5.75 Å². The summed E-state index contributed by atoms with van der Waals surface area (Å²) in [5, 5.41) is 13.8. The first-order valence-corrected chi connectivity index (χ1v) is 10.3. The third-order valence-corrected chi connectivity index (χ3v) is 4.67. The number of halogens is 1. The van der Waals surface area contributed by atoms with Crippen LogP contribution in [0.2, 0.25) is 0 Å². The van der Waals surface area contributed by atoms with Crippen molar-refractivity contribution in [3.8, 4) is 5.75 Å². The fraction of sp³-hybridized carbons (Fsp3) is 0.217. The van der Waals surface area contributed by atoms with Crippen LogP contribution in [0.25, 0.3) is 10.9 Å². The van der Waals surface area contributed by atoms with Crippen molar-refractivity contribution in [2.45, 2.75) is 26.4 Å². The van der Waals surface area contributed by atoms with E-state index in [1.54, 1.807) is 36.4 Å². The molecule has 4 aromatic rings. The molecule has 170 valence electrons. The third-order valence-electron chi connectivity index (χ3n) is 4.67. The minimum atomic E-state index is -0.589. The summed E-state index contributed by atoms with van der Waals surface area (Å²) in [7, 11) is 1.33. The SMILES string of the molecule is COC(=O)Cc1[nH]nc2ccc(Nc3ncc(F)c(Nc4ccc(OC(C)C)cc4)n3)cc12. The maximum atomic E-state index is 14.3. The van der Waals surface area contributed by atoms with Gasteiger partial charge < -0.3 is 20.1 Å². The number of hydrogen-bond acceptors (Lipinski definition) is 8. The second-order valence-electron chi connectivity index (χ2n) is 7.52. The Morgan fingerprint density at radius 3 is 2.61 bits per heavy atom. The van der Waals surface area contributed by atoms with Crippen LogP contribution in [-0.4, -0.2) is 39.3 Å². The van der Waals surface area contributed by atoms with Crippen molar-refractivity contribution in [1.82, 2.24) is 20.2 Å². The van der Waals surface area contributed by atoms with Gasteiger partial charge in [0.05, 0.1) is 37.0 Å². The van der Waals surface area contributed by atoms with Gasteiger partial charge in [0.2, 0.25) is 5.95 Å². The van der Waals surface area contributed by atoms with Gasteiger partial charge >= 0.3 is 5.97 Å². The number of fused-ring (bicyclic) bond motifs is 1. The van der Waals surface area contributed by atoms with Gasteiger partial charge in [0.15, 0.2) is 11.6 Å². The molecule has 0 saturated carbocycles. The summed E-state index contributed by atoms with van der Waals surface area (Å²) in [4.78, 5) is 19.9. The first-order valence-electron chi connectivity index (χ1n) is 10.3. The van der Waals surface area contributed by atoms with E-state index in [1.165, 1.54) is 7.11 Å². The van der Waals surface area contributed by atoms with E-state index in [1.807, 2.05) is 19.9 Å². The zero-order chi connectivity index (χ0) is 23.4. The van der Waals surface area contributed by atoms with Crippen LogP contribution >= 0.6 is 0 Å². The maximum Gasteiger partial charge on any atom is 0.311 e. The lowest BCUT2D eigenvalue weighted by Gasteiger charge is -2.12. The number of aromatic nitrogens is 4. The van der Waals surface area contributed by atoms with Crippen LogP contribution in [0.4, 0.5) is 27.5 Å². The molecule has 0 radical (unpaired) electrons. The highest BCUT2D eigenvalue weighted by atomic mass is 19.1. The highest BCUT2D eigenvalue weighted by molar-refractivity contribution is 5.88. The van der Waals surface area contributed by atoms with Crippen LogP contribution in [0, 0.1) is 5.82 Å². The number of rotatable bonds is 8. The van der Waals surface area contributed by atoms with Crippen LogP contribution in [0.1, 0.15) is 19.5 Å². The predicted molar refractivity (Wildman–Crippen MR) is 123 cm³/mol. The number of ether oxygens (including phenoxy) is 2. The van der Waals surface area contributed by atoms with E-state index in [0.29, 0.717) is 22.6 Å². The number of H-pyrrole nitrogens is 1. The molecule has 4 rings (SSSR count). The molecular weight excluding hydrogens is 427 g/mol. The lowest BCUT2D eigenvalue weighted by atomic mass is 10.1. The maximum absolute atomic E-state index is 14.3. The third kappa shape index (κ3) is 5.35. The standard InChI is InChI=1S/C23H23FN6O3/c1-13(2)33-16-7-4-14(5-8-16)26-22-18(24)12-25-23(28-22)27-15-6-9-19-17(10-15)20(30-29-19)11-21(31)32-3/h4-10,12-13H,11H2,1-3H3,(H,29,30)(H2,25,26,27,28). The molecule has 0 fully saturated rings. The Morgan fingerprint density at radius 2 is 1.88 bits per heavy atom. The topological polar surface area (TPSA) is 114 Å². The molecule has 0 aliphatic rings. The number of carbonyl (C=O) groups excluding carboxylic acids is 1. The molecule has 0 aliphatic heterocycles. The minimum Gasteiger partial charge on any atom is -0.491 e. The lowest BCUT2D eigenvalue weighted by molar-refractivity contribution is -0.139. The van der Waals surface area contributed by atoms with Crippen molar-refractivity contribution in [3.63, 3.8) is 0 Å². The fourth-order valence-electron chi connectivity index (χ4n) is 3.16. The molecule has 0 bridgehead atoms. The lowest BCUT2D eigenvalue weighted by Crippen LogP contribution is -2.06. The molecule has 9 nitrogen and oxygen atoms in total. The zero-order valence-corrected chi connectivity index (χ0v) is 18.3. The summed E-state index contributed by atoms with van der Waals surface area (Å²) in [6, 6.07) is 12.5. The van der Waals surface area contributed by atoms with Crippen LogP contribution in [-0.2, 0) is 16.0 Å². The van der Waals surface area contributed by atoms with Crippen molar-refractivity contribution < 1.29 is 18.7 Å². The van der Waals surface area contributed by atoms with Gasteiger partial charge in [-0.25, -0.2) is 9.37 Å². The highest BCUT2D eigenvalue weighted by Gasteiger charge is 2.12. The number of methoxy groups -OCH3 is 1. The van der Waals surface area contributed by atoms with E-state index in [-0.39, 0.29) is 30.3 Å². The van der Waals surface area contributed by atoms with E-state index in [0.717, 1.165) is 17.3 Å². The van der Waals surface area contributed by atoms with Gasteiger partial charge in [-0.2, -0.15) is 10.1 Å². The first kappa shape index (κ1) is 22.0. The zero-order valence-electron chi connectivity index (χ0n) is 18.3. The van der Waals surface area contributed by atoms with Gasteiger partial charge in [-0.1, -0.05) is 0 Å². The monoisotopic (exact) mass is 450 g/mol. The minimum absolute atomic E-state index is 0.0285. The number of nitrogens with one attached hydrogen (secondary N) is 3. The molecule has 0 unspecified atom stereocenters. The van der Waals surface area contributed by atoms with Crippen LogP contribution in [0.3, 0.4) is 0 Å². The average Bonchev–Trinajstić information content (AvgIpc) is 3.19. The Morgan fingerprint density at radius 1 is 1.12 bits per heavy atom. The Labute approximate surface area is 189 Å². The number of nitrogens with zero attached hydrogens (tertiary/aromatic N) is 3. The Kier molecular flexibility index (Phi) is 6.34. The van der Waals surface area contributed by atoms with E-state index < -0.39 is 5.82 Å². The number of carbonyl (C=O) groups is 1. The molecule has 0 spiro atoms. The van der Waals surface area contributed by atoms with Crippen LogP contribution < -0.4 is 15.4 Å². The van der Waals surface area contributed by atoms with Gasteiger partial charge in [0, 0.05) is 16.8 Å². The van der Waals surface area contributed by atoms with E-state index in [2.05, 4.69) is 30.8 Å². The number of esters is 1. The molecule has 3 N–H and O–H groups in total. The van der Waals surface area contributed by atoms with Crippen molar-refractivity contribution in [3.05, 3.63) is 60.2 Å². The van der Waals surface area contributed by atoms with Crippen LogP contribution in [0.15, 0.2) is 48.7 Å². The molecule has 0 aliphatic carbocycles. The molecule has 2 aromatic carbocycles. The smallest absolute Gasteiger partial charge is 0.311 e. The van der Waals surface area contributed by atoms with Crippen molar-refractivity contribution in [2.75, 3.05) is 17.7 Å². The molecule has 0 amide bonds. The molecule has 33 heavy (non-hydrogen) atoms. The van der Waals surface area contributed by atoms with Gasteiger partial charge in [0.25, 0.3) is 0 Å². The molecular formula is C23H23FN6O3. The van der Waals surface area contributed by atoms with Crippen molar-refractivity contribution >= 4 is 40.0 Å².